The maximum absolute atomic E-state index is 11.8. The number of ketones is 2. The minimum Gasteiger partial charge on any atom is -0.336 e. The maximum atomic E-state index is 11.8. The van der Waals surface area contributed by atoms with E-state index in [0.717, 1.165) is 51.4 Å². The Kier molecular flexibility index (Phi) is 7.38. The number of carbonyl (C=O) groups excluding carboxylic acids is 3. The maximum Gasteiger partial charge on any atom is 0.298 e. The number of likely N-dealkylation sites (tertiary alicyclic amines) is 1. The molecule has 1 saturated heterocycles. The van der Waals surface area contributed by atoms with Gasteiger partial charge in [-0.25, -0.2) is 0 Å². The van der Waals surface area contributed by atoms with Crippen LogP contribution in [0.3, 0.4) is 0 Å². The Morgan fingerprint density at radius 1 is 0.895 bits per heavy atom. The Labute approximate surface area is 115 Å². The van der Waals surface area contributed by atoms with Gasteiger partial charge in [0.1, 0.15) is 0 Å². The highest BCUT2D eigenvalue weighted by molar-refractivity contribution is 6.63. The zero-order valence-corrected chi connectivity index (χ0v) is 12.0. The van der Waals surface area contributed by atoms with Crippen LogP contribution in [0.25, 0.3) is 0 Å². The topological polar surface area (TPSA) is 54.5 Å². The molecule has 0 saturated carbocycles. The molecule has 0 atom stereocenters. The van der Waals surface area contributed by atoms with Crippen LogP contribution in [0, 0.1) is 0 Å². The number of nitrogens with zero attached hydrogens (tertiary/aromatic N) is 1. The number of amides is 1. The summed E-state index contributed by atoms with van der Waals surface area (Å²) < 4.78 is 0. The lowest BCUT2D eigenvalue weighted by atomic mass is 10.0. The fourth-order valence-corrected chi connectivity index (χ4v) is 2.36. The molecule has 1 rings (SSSR count). The van der Waals surface area contributed by atoms with Gasteiger partial charge >= 0.3 is 0 Å². The molecule has 0 aliphatic carbocycles. The highest BCUT2D eigenvalue weighted by atomic mass is 16.2. The van der Waals surface area contributed by atoms with E-state index < -0.39 is 17.5 Å². The molecule has 0 unspecified atom stereocenters. The van der Waals surface area contributed by atoms with Crippen molar-refractivity contribution in [1.82, 2.24) is 4.90 Å². The lowest BCUT2D eigenvalue weighted by Crippen LogP contribution is -2.42. The molecule has 0 spiro atoms. The average molecular weight is 267 g/mol. The summed E-state index contributed by atoms with van der Waals surface area (Å²) in [6, 6.07) is 0. The molecule has 4 heteroatoms. The molecule has 1 aliphatic rings. The monoisotopic (exact) mass is 267 g/mol. The summed E-state index contributed by atoms with van der Waals surface area (Å²) in [4.78, 5) is 36.7. The van der Waals surface area contributed by atoms with Gasteiger partial charge in [-0.1, -0.05) is 32.6 Å². The van der Waals surface area contributed by atoms with Crippen LogP contribution in [0.4, 0.5) is 0 Å². The first-order valence-electron chi connectivity index (χ1n) is 7.53. The van der Waals surface area contributed by atoms with Gasteiger partial charge in [-0.15, -0.1) is 0 Å². The molecule has 0 aromatic rings. The Morgan fingerprint density at radius 2 is 1.53 bits per heavy atom. The quantitative estimate of drug-likeness (QED) is 0.386. The number of hydrogen-bond donors (Lipinski definition) is 0. The van der Waals surface area contributed by atoms with Gasteiger partial charge in [-0.05, 0) is 25.7 Å². The highest BCUT2D eigenvalue weighted by Gasteiger charge is 2.27. The van der Waals surface area contributed by atoms with Gasteiger partial charge in [-0.2, -0.15) is 0 Å². The van der Waals surface area contributed by atoms with Crippen molar-refractivity contribution in [3.63, 3.8) is 0 Å². The third-order valence-electron chi connectivity index (χ3n) is 3.60. The third-order valence-corrected chi connectivity index (χ3v) is 3.60. The van der Waals surface area contributed by atoms with Crippen molar-refractivity contribution in [1.29, 1.82) is 0 Å². The standard InChI is InChI=1S/C15H25NO3/c1-2-3-4-5-7-10-13(17)14(18)15(19)16-11-8-6-9-12-16/h2-12H2,1H3. The third kappa shape index (κ3) is 5.53. The predicted octanol–water partition coefficient (Wildman–Crippen LogP) is 2.50. The highest BCUT2D eigenvalue weighted by Crippen LogP contribution is 2.10. The second kappa shape index (κ2) is 8.83. The predicted molar refractivity (Wildman–Crippen MR) is 73.8 cm³/mol. The number of rotatable bonds is 8. The fourth-order valence-electron chi connectivity index (χ4n) is 2.36. The Balaban J connectivity index is 2.26. The van der Waals surface area contributed by atoms with Crippen LogP contribution >= 0.6 is 0 Å². The van der Waals surface area contributed by atoms with Crippen molar-refractivity contribution in [2.45, 2.75) is 64.7 Å². The molecule has 0 aromatic carbocycles. The van der Waals surface area contributed by atoms with Crippen LogP contribution in [0.15, 0.2) is 0 Å². The fraction of sp³-hybridized carbons (Fsp3) is 0.800. The van der Waals surface area contributed by atoms with Crippen LogP contribution in [-0.4, -0.2) is 35.5 Å². The minimum atomic E-state index is -0.808. The molecular formula is C15H25NO3. The minimum absolute atomic E-state index is 0.224. The van der Waals surface area contributed by atoms with Gasteiger partial charge < -0.3 is 4.90 Å². The van der Waals surface area contributed by atoms with E-state index in [0.29, 0.717) is 13.1 Å². The van der Waals surface area contributed by atoms with Crippen molar-refractivity contribution in [2.24, 2.45) is 0 Å². The number of hydrogen-bond acceptors (Lipinski definition) is 3. The van der Waals surface area contributed by atoms with Gasteiger partial charge in [0.15, 0.2) is 0 Å². The van der Waals surface area contributed by atoms with E-state index in [-0.39, 0.29) is 6.42 Å². The summed E-state index contributed by atoms with van der Waals surface area (Å²) in [6.07, 6.45) is 8.29. The van der Waals surface area contributed by atoms with Crippen LogP contribution in [0.1, 0.15) is 64.7 Å². The smallest absolute Gasteiger partial charge is 0.298 e. The van der Waals surface area contributed by atoms with Crippen LogP contribution in [0.2, 0.25) is 0 Å². The lowest BCUT2D eigenvalue weighted by Gasteiger charge is -2.25. The number of unbranched alkanes of at least 4 members (excludes halogenated alkanes) is 4. The zero-order chi connectivity index (χ0) is 14.1. The van der Waals surface area contributed by atoms with Crippen molar-refractivity contribution < 1.29 is 14.4 Å². The lowest BCUT2D eigenvalue weighted by molar-refractivity contribution is -0.150. The Bertz CT molecular complexity index is 319. The first-order valence-corrected chi connectivity index (χ1v) is 7.53. The van der Waals surface area contributed by atoms with Crippen molar-refractivity contribution >= 4 is 17.5 Å². The van der Waals surface area contributed by atoms with Crippen molar-refractivity contribution in [2.75, 3.05) is 13.1 Å². The molecule has 1 aliphatic heterocycles. The molecule has 1 fully saturated rings. The molecule has 1 amide bonds. The SMILES string of the molecule is CCCCCCCC(=O)C(=O)C(=O)N1CCCCC1. The van der Waals surface area contributed by atoms with Gasteiger partial charge in [0.25, 0.3) is 11.7 Å². The second-order valence-electron chi connectivity index (χ2n) is 5.27. The summed E-state index contributed by atoms with van der Waals surface area (Å²) >= 11 is 0. The number of carbonyl (C=O) groups is 3. The van der Waals surface area contributed by atoms with E-state index in [1.54, 1.807) is 0 Å². The molecule has 19 heavy (non-hydrogen) atoms. The van der Waals surface area contributed by atoms with E-state index in [1.165, 1.54) is 4.90 Å². The zero-order valence-electron chi connectivity index (χ0n) is 12.0. The molecule has 0 N–H and O–H groups in total. The molecule has 0 radical (unpaired) electrons. The van der Waals surface area contributed by atoms with E-state index in [4.69, 9.17) is 0 Å². The molecule has 1 heterocycles. The Morgan fingerprint density at radius 3 is 2.16 bits per heavy atom. The summed E-state index contributed by atoms with van der Waals surface area (Å²) in [5.74, 6) is -1.90. The van der Waals surface area contributed by atoms with Gasteiger partial charge in [-0.3, -0.25) is 14.4 Å². The first kappa shape index (κ1) is 15.9. The van der Waals surface area contributed by atoms with E-state index in [1.807, 2.05) is 0 Å². The summed E-state index contributed by atoms with van der Waals surface area (Å²) in [7, 11) is 0. The second-order valence-corrected chi connectivity index (χ2v) is 5.27. The van der Waals surface area contributed by atoms with E-state index >= 15 is 0 Å². The van der Waals surface area contributed by atoms with E-state index in [2.05, 4.69) is 6.92 Å². The van der Waals surface area contributed by atoms with Gasteiger partial charge in [0.2, 0.25) is 5.78 Å². The largest absolute Gasteiger partial charge is 0.336 e. The van der Waals surface area contributed by atoms with Crippen LogP contribution < -0.4 is 0 Å². The summed E-state index contributed by atoms with van der Waals surface area (Å²) in [5.41, 5.74) is 0. The van der Waals surface area contributed by atoms with Gasteiger partial charge in [0, 0.05) is 19.5 Å². The number of Topliss-reactive ketones (excluding diaryl/α,β-unsaturated/α-hetero) is 2. The molecule has 0 bridgehead atoms. The molecule has 108 valence electrons. The average Bonchev–Trinajstić information content (AvgIpc) is 2.46. The van der Waals surface area contributed by atoms with Crippen LogP contribution in [-0.2, 0) is 14.4 Å². The molecule has 0 aromatic heterocycles. The summed E-state index contributed by atoms with van der Waals surface area (Å²) in [5, 5.41) is 0. The Hall–Kier alpha value is -1.19. The van der Waals surface area contributed by atoms with Crippen LogP contribution in [0.5, 0.6) is 0 Å². The van der Waals surface area contributed by atoms with E-state index in [9.17, 15) is 14.4 Å². The van der Waals surface area contributed by atoms with Crippen molar-refractivity contribution in [3.8, 4) is 0 Å². The number of piperidine rings is 1. The molecule has 4 nitrogen and oxygen atoms in total. The van der Waals surface area contributed by atoms with Gasteiger partial charge in [0.05, 0.1) is 0 Å². The molecular weight excluding hydrogens is 242 g/mol. The summed E-state index contributed by atoms with van der Waals surface area (Å²) in [6.45, 7) is 3.37. The first-order chi connectivity index (χ1) is 9.16. The normalized spacial score (nSPS) is 15.3. The van der Waals surface area contributed by atoms with Crippen molar-refractivity contribution in [3.05, 3.63) is 0 Å².